The van der Waals surface area contributed by atoms with Gasteiger partial charge in [0, 0.05) is 30.9 Å². The number of ether oxygens (including phenoxy) is 1. The average Bonchev–Trinajstić information content (AvgIpc) is 3.05. The molecule has 0 N–H and O–H groups in total. The van der Waals surface area contributed by atoms with Crippen molar-refractivity contribution in [2.45, 2.75) is 12.1 Å². The third-order valence-corrected chi connectivity index (χ3v) is 3.89. The number of nitrogens with zero attached hydrogens (tertiary/aromatic N) is 4. The number of imidazole rings is 1. The molecule has 3 rings (SSSR count). The Morgan fingerprint density at radius 3 is 2.73 bits per heavy atom. The second-order valence-electron chi connectivity index (χ2n) is 4.51. The first-order valence-corrected chi connectivity index (χ1v) is 7.93. The van der Waals surface area contributed by atoms with Gasteiger partial charge in [-0.3, -0.25) is 4.57 Å². The van der Waals surface area contributed by atoms with Crippen LogP contribution in [0, 0.1) is 0 Å². The number of rotatable bonds is 5. The second kappa shape index (κ2) is 6.62. The lowest BCUT2D eigenvalue weighted by Crippen LogP contribution is -1.98. The second-order valence-corrected chi connectivity index (χ2v) is 5.74. The summed E-state index contributed by atoms with van der Waals surface area (Å²) < 4.78 is 7.27. The molecule has 2 heterocycles. The fraction of sp³-hybridized carbons (Fsp3) is 0.188. The van der Waals surface area contributed by atoms with Crippen molar-refractivity contribution < 1.29 is 4.74 Å². The van der Waals surface area contributed by atoms with Crippen LogP contribution in [0.2, 0.25) is 0 Å². The maximum absolute atomic E-state index is 5.28. The molecule has 0 saturated carbocycles. The first-order valence-electron chi connectivity index (χ1n) is 6.95. The molecule has 0 unspecified atom stereocenters. The summed E-state index contributed by atoms with van der Waals surface area (Å²) in [4.78, 5) is 13.2. The van der Waals surface area contributed by atoms with Gasteiger partial charge >= 0.3 is 0 Å². The van der Waals surface area contributed by atoms with Gasteiger partial charge in [0.05, 0.1) is 18.4 Å². The van der Waals surface area contributed by atoms with Gasteiger partial charge in [0.2, 0.25) is 0 Å². The Balaban J connectivity index is 1.97. The molecule has 0 bridgehead atoms. The van der Waals surface area contributed by atoms with Gasteiger partial charge in [-0.05, 0) is 17.9 Å². The van der Waals surface area contributed by atoms with Crippen LogP contribution in [0.5, 0.6) is 5.75 Å². The minimum absolute atomic E-state index is 0.783. The van der Waals surface area contributed by atoms with Gasteiger partial charge in [-0.25, -0.2) is 15.0 Å². The van der Waals surface area contributed by atoms with Crippen LogP contribution in [0.25, 0.3) is 17.1 Å². The Bertz CT molecular complexity index is 755. The van der Waals surface area contributed by atoms with Crippen LogP contribution in [0.15, 0.2) is 54.2 Å². The van der Waals surface area contributed by atoms with Crippen molar-refractivity contribution in [3.63, 3.8) is 0 Å². The highest BCUT2D eigenvalue weighted by Crippen LogP contribution is 2.23. The van der Waals surface area contributed by atoms with Crippen molar-refractivity contribution in [1.29, 1.82) is 0 Å². The summed E-state index contributed by atoms with van der Waals surface area (Å²) >= 11 is 1.62. The minimum atomic E-state index is 0.783. The molecule has 1 aromatic carbocycles. The molecule has 22 heavy (non-hydrogen) atoms. The molecule has 0 radical (unpaired) electrons. The first-order chi connectivity index (χ1) is 10.8. The van der Waals surface area contributed by atoms with Crippen molar-refractivity contribution in [2.24, 2.45) is 0 Å². The molecule has 0 spiro atoms. The van der Waals surface area contributed by atoms with Crippen molar-refractivity contribution >= 4 is 11.8 Å². The van der Waals surface area contributed by atoms with E-state index in [4.69, 9.17) is 4.74 Å². The fourth-order valence-corrected chi connectivity index (χ4v) is 2.63. The summed E-state index contributed by atoms with van der Waals surface area (Å²) in [6.45, 7) is 2.08. The number of hydrogen-bond donors (Lipinski definition) is 0. The van der Waals surface area contributed by atoms with E-state index in [0.29, 0.717) is 0 Å². The van der Waals surface area contributed by atoms with E-state index in [9.17, 15) is 0 Å². The van der Waals surface area contributed by atoms with Gasteiger partial charge in [-0.15, -0.1) is 0 Å². The Morgan fingerprint density at radius 1 is 1.18 bits per heavy atom. The van der Waals surface area contributed by atoms with Crippen LogP contribution in [0.4, 0.5) is 0 Å². The van der Waals surface area contributed by atoms with Gasteiger partial charge in [0.1, 0.15) is 11.6 Å². The van der Waals surface area contributed by atoms with Gasteiger partial charge in [0.15, 0.2) is 5.16 Å². The molecular formula is C16H16N4OS. The predicted molar refractivity (Wildman–Crippen MR) is 87.5 cm³/mol. The number of hydrogen-bond acceptors (Lipinski definition) is 5. The molecule has 6 heteroatoms. The standard InChI is InChI=1S/C16H16N4OS/c1-3-22-16-18-10-12(11-19-16)15-17-7-8-20(15)13-5-4-6-14(9-13)21-2/h4-11H,3H2,1-2H3. The number of methoxy groups -OCH3 is 1. The normalized spacial score (nSPS) is 10.6. The zero-order valence-electron chi connectivity index (χ0n) is 12.4. The summed E-state index contributed by atoms with van der Waals surface area (Å²) in [5, 5.41) is 0.783. The van der Waals surface area contributed by atoms with Crippen LogP contribution in [-0.2, 0) is 0 Å². The molecule has 0 aliphatic carbocycles. The molecule has 0 atom stereocenters. The molecule has 0 aliphatic rings. The average molecular weight is 312 g/mol. The lowest BCUT2D eigenvalue weighted by atomic mass is 10.2. The van der Waals surface area contributed by atoms with Crippen LogP contribution >= 0.6 is 11.8 Å². The van der Waals surface area contributed by atoms with Gasteiger partial charge in [-0.2, -0.15) is 0 Å². The van der Waals surface area contributed by atoms with E-state index < -0.39 is 0 Å². The van der Waals surface area contributed by atoms with E-state index >= 15 is 0 Å². The molecular weight excluding hydrogens is 296 g/mol. The van der Waals surface area contributed by atoms with E-state index in [1.165, 1.54) is 0 Å². The van der Waals surface area contributed by atoms with Crippen LogP contribution in [-0.4, -0.2) is 32.4 Å². The fourth-order valence-electron chi connectivity index (χ4n) is 2.12. The topological polar surface area (TPSA) is 52.8 Å². The zero-order chi connectivity index (χ0) is 15.4. The lowest BCUT2D eigenvalue weighted by molar-refractivity contribution is 0.414. The zero-order valence-corrected chi connectivity index (χ0v) is 13.2. The van der Waals surface area contributed by atoms with E-state index in [-0.39, 0.29) is 0 Å². The molecule has 0 amide bonds. The van der Waals surface area contributed by atoms with Gasteiger partial charge < -0.3 is 4.74 Å². The number of benzene rings is 1. The summed E-state index contributed by atoms with van der Waals surface area (Å²) in [6, 6.07) is 7.85. The molecule has 2 aromatic heterocycles. The van der Waals surface area contributed by atoms with Crippen LogP contribution < -0.4 is 4.74 Å². The number of thioether (sulfide) groups is 1. The van der Waals surface area contributed by atoms with E-state index in [0.717, 1.165) is 33.7 Å². The third-order valence-electron chi connectivity index (χ3n) is 3.13. The Labute approximate surface area is 133 Å². The SMILES string of the molecule is CCSc1ncc(-c2nccn2-c2cccc(OC)c2)cn1. The van der Waals surface area contributed by atoms with Crippen molar-refractivity contribution in [3.05, 3.63) is 49.1 Å². The van der Waals surface area contributed by atoms with Gasteiger partial charge in [0.25, 0.3) is 0 Å². The van der Waals surface area contributed by atoms with Crippen molar-refractivity contribution in [2.75, 3.05) is 12.9 Å². The summed E-state index contributed by atoms with van der Waals surface area (Å²) in [5.41, 5.74) is 1.87. The Hall–Kier alpha value is -2.34. The van der Waals surface area contributed by atoms with Crippen molar-refractivity contribution in [3.8, 4) is 22.8 Å². The van der Waals surface area contributed by atoms with Crippen molar-refractivity contribution in [1.82, 2.24) is 19.5 Å². The minimum Gasteiger partial charge on any atom is -0.497 e. The number of aromatic nitrogens is 4. The van der Waals surface area contributed by atoms with E-state index in [1.807, 2.05) is 47.4 Å². The van der Waals surface area contributed by atoms with Crippen LogP contribution in [0.3, 0.4) is 0 Å². The highest BCUT2D eigenvalue weighted by molar-refractivity contribution is 7.99. The Morgan fingerprint density at radius 2 is 2.00 bits per heavy atom. The van der Waals surface area contributed by atoms with Crippen LogP contribution in [0.1, 0.15) is 6.92 Å². The smallest absolute Gasteiger partial charge is 0.187 e. The molecule has 5 nitrogen and oxygen atoms in total. The molecule has 112 valence electrons. The molecule has 0 fully saturated rings. The molecule has 0 saturated heterocycles. The van der Waals surface area contributed by atoms with Gasteiger partial charge in [-0.1, -0.05) is 24.8 Å². The van der Waals surface area contributed by atoms with E-state index in [1.54, 1.807) is 25.1 Å². The highest BCUT2D eigenvalue weighted by atomic mass is 32.2. The van der Waals surface area contributed by atoms with E-state index in [2.05, 4.69) is 21.9 Å². The monoisotopic (exact) mass is 312 g/mol. The largest absolute Gasteiger partial charge is 0.497 e. The first kappa shape index (κ1) is 14.6. The molecule has 0 aliphatic heterocycles. The summed E-state index contributed by atoms with van der Waals surface area (Å²) in [6.07, 6.45) is 7.30. The predicted octanol–water partition coefficient (Wildman–Crippen LogP) is 3.45. The summed E-state index contributed by atoms with van der Waals surface area (Å²) in [7, 11) is 1.66. The molecule has 3 aromatic rings. The highest BCUT2D eigenvalue weighted by Gasteiger charge is 2.09. The quantitative estimate of drug-likeness (QED) is 0.533. The maximum atomic E-state index is 5.28. The Kier molecular flexibility index (Phi) is 4.39. The lowest BCUT2D eigenvalue weighted by Gasteiger charge is -2.09. The third kappa shape index (κ3) is 2.96. The maximum Gasteiger partial charge on any atom is 0.187 e. The summed E-state index contributed by atoms with van der Waals surface area (Å²) in [5.74, 6) is 2.57.